The third kappa shape index (κ3) is 3.28. The number of ether oxygens (including phenoxy) is 3. The number of likely N-dealkylation sites (N-methyl/N-ethyl adjacent to an activating group) is 1. The summed E-state index contributed by atoms with van der Waals surface area (Å²) in [5.74, 6) is -0.172. The van der Waals surface area contributed by atoms with Crippen molar-refractivity contribution in [2.24, 2.45) is 0 Å². The highest BCUT2D eigenvalue weighted by atomic mass is 19.4. The molecule has 3 aromatic rings. The molecule has 0 aliphatic carbocycles. The summed E-state index contributed by atoms with van der Waals surface area (Å²) < 4.78 is 57.5. The number of anilines is 2. The fraction of sp³-hybridized carbons (Fsp3) is 0.231. The molecule has 0 saturated heterocycles. The van der Waals surface area contributed by atoms with E-state index >= 15 is 0 Å². The fourth-order valence-electron chi connectivity index (χ4n) is 5.28. The predicted octanol–water partition coefficient (Wildman–Crippen LogP) is 4.38. The molecule has 3 aliphatic heterocycles. The summed E-state index contributed by atoms with van der Waals surface area (Å²) in [6.07, 6.45) is -4.68. The van der Waals surface area contributed by atoms with Gasteiger partial charge in [0.25, 0.3) is 5.91 Å². The van der Waals surface area contributed by atoms with E-state index in [-0.39, 0.29) is 19.0 Å². The number of amides is 1. The molecular formula is C26H19F3N2O5. The lowest BCUT2D eigenvalue weighted by molar-refractivity contribution is -0.139. The standard InChI is InChI=1S/C26H19F3N2O5/c1-31-12-25(13-35-19-10-20-21(9-16(19)25)36-22(32)11-34-20)23-17(7-4-8-18(23)31)30-24(33)14-5-2-3-6-15(14)26(27,28)29/h2-10H,11-13H2,1H3,(H,30,33). The van der Waals surface area contributed by atoms with E-state index in [2.05, 4.69) is 5.32 Å². The largest absolute Gasteiger partial charge is 0.492 e. The average Bonchev–Trinajstić information content (AvgIpc) is 3.34. The molecule has 1 amide bonds. The number of nitrogens with zero attached hydrogens (tertiary/aromatic N) is 1. The second-order valence-electron chi connectivity index (χ2n) is 8.98. The summed E-state index contributed by atoms with van der Waals surface area (Å²) in [4.78, 5) is 26.9. The molecule has 0 saturated carbocycles. The zero-order valence-electron chi connectivity index (χ0n) is 18.9. The predicted molar refractivity (Wildman–Crippen MR) is 123 cm³/mol. The van der Waals surface area contributed by atoms with Crippen LogP contribution in [0.5, 0.6) is 17.2 Å². The van der Waals surface area contributed by atoms with Crippen LogP contribution in [0.3, 0.4) is 0 Å². The molecule has 7 nitrogen and oxygen atoms in total. The smallest absolute Gasteiger partial charge is 0.417 e. The topological polar surface area (TPSA) is 77.1 Å². The number of benzene rings is 3. The highest BCUT2D eigenvalue weighted by Crippen LogP contribution is 2.55. The van der Waals surface area contributed by atoms with E-state index in [0.717, 1.165) is 23.4 Å². The van der Waals surface area contributed by atoms with Crippen molar-refractivity contribution in [3.05, 3.63) is 76.9 Å². The van der Waals surface area contributed by atoms with Crippen molar-refractivity contribution < 1.29 is 37.0 Å². The van der Waals surface area contributed by atoms with Gasteiger partial charge in [0.05, 0.1) is 16.5 Å². The van der Waals surface area contributed by atoms with Crippen LogP contribution >= 0.6 is 0 Å². The number of rotatable bonds is 2. The maximum absolute atomic E-state index is 13.5. The van der Waals surface area contributed by atoms with Crippen LogP contribution in [-0.4, -0.2) is 38.7 Å². The minimum Gasteiger partial charge on any atom is -0.492 e. The van der Waals surface area contributed by atoms with E-state index < -0.39 is 34.6 Å². The molecular weight excluding hydrogens is 477 g/mol. The maximum Gasteiger partial charge on any atom is 0.417 e. The highest BCUT2D eigenvalue weighted by molar-refractivity contribution is 6.06. The van der Waals surface area contributed by atoms with Gasteiger partial charge in [-0.2, -0.15) is 13.2 Å². The van der Waals surface area contributed by atoms with Gasteiger partial charge in [-0.05, 0) is 30.3 Å². The van der Waals surface area contributed by atoms with Crippen molar-refractivity contribution in [2.45, 2.75) is 11.6 Å². The monoisotopic (exact) mass is 496 g/mol. The number of alkyl halides is 3. The Bertz CT molecular complexity index is 1440. The van der Waals surface area contributed by atoms with E-state index in [9.17, 15) is 22.8 Å². The molecule has 184 valence electrons. The summed E-state index contributed by atoms with van der Waals surface area (Å²) in [6.45, 7) is 0.509. The van der Waals surface area contributed by atoms with Gasteiger partial charge in [0.15, 0.2) is 18.1 Å². The Hall–Kier alpha value is -4.21. The quantitative estimate of drug-likeness (QED) is 0.419. The lowest BCUT2D eigenvalue weighted by atomic mass is 9.76. The molecule has 3 aliphatic rings. The van der Waals surface area contributed by atoms with Crippen LogP contribution in [0.15, 0.2) is 54.6 Å². The van der Waals surface area contributed by atoms with Crippen LogP contribution in [0.1, 0.15) is 27.0 Å². The molecule has 0 fully saturated rings. The van der Waals surface area contributed by atoms with E-state index in [1.807, 2.05) is 18.0 Å². The zero-order valence-corrected chi connectivity index (χ0v) is 18.9. The van der Waals surface area contributed by atoms with Gasteiger partial charge >= 0.3 is 12.1 Å². The lowest BCUT2D eigenvalue weighted by Crippen LogP contribution is -2.35. The Morgan fingerprint density at radius 3 is 2.64 bits per heavy atom. The number of carbonyl (C=O) groups is 2. The van der Waals surface area contributed by atoms with Gasteiger partial charge in [-0.25, -0.2) is 4.79 Å². The fourth-order valence-corrected chi connectivity index (χ4v) is 5.28. The van der Waals surface area contributed by atoms with Crippen LogP contribution in [0.25, 0.3) is 0 Å². The van der Waals surface area contributed by atoms with Crippen LogP contribution in [-0.2, 0) is 16.4 Å². The second kappa shape index (κ2) is 7.64. The third-order valence-electron chi connectivity index (χ3n) is 6.77. The molecule has 3 aromatic carbocycles. The summed E-state index contributed by atoms with van der Waals surface area (Å²) >= 11 is 0. The number of hydrogen-bond donors (Lipinski definition) is 1. The van der Waals surface area contributed by atoms with Crippen LogP contribution in [0.4, 0.5) is 24.5 Å². The Labute approximate surface area is 203 Å². The Morgan fingerprint density at radius 2 is 1.83 bits per heavy atom. The second-order valence-corrected chi connectivity index (χ2v) is 8.98. The van der Waals surface area contributed by atoms with Crippen LogP contribution in [0, 0.1) is 0 Å². The first-order chi connectivity index (χ1) is 17.2. The molecule has 1 spiro atoms. The SMILES string of the molecule is CN1CC2(COc3cc4c(cc32)OC(=O)CO4)c2c(NC(=O)c3ccccc3C(F)(F)F)cccc21. The molecule has 36 heavy (non-hydrogen) atoms. The Morgan fingerprint density at radius 1 is 1.03 bits per heavy atom. The normalized spacial score (nSPS) is 19.7. The van der Waals surface area contributed by atoms with E-state index in [4.69, 9.17) is 14.2 Å². The Balaban J connectivity index is 1.45. The van der Waals surface area contributed by atoms with Gasteiger partial charge in [-0.3, -0.25) is 4.79 Å². The van der Waals surface area contributed by atoms with Crippen LogP contribution in [0.2, 0.25) is 0 Å². The van der Waals surface area contributed by atoms with Gasteiger partial charge in [0.1, 0.15) is 12.4 Å². The molecule has 0 radical (unpaired) electrons. The Kier molecular flexibility index (Phi) is 4.73. The average molecular weight is 496 g/mol. The van der Waals surface area contributed by atoms with Crippen molar-refractivity contribution in [1.29, 1.82) is 0 Å². The zero-order chi connectivity index (χ0) is 25.2. The minimum absolute atomic E-state index is 0.196. The van der Waals surface area contributed by atoms with E-state index in [1.54, 1.807) is 24.3 Å². The number of fused-ring (bicyclic) bond motifs is 5. The van der Waals surface area contributed by atoms with Gasteiger partial charge in [0, 0.05) is 42.2 Å². The summed E-state index contributed by atoms with van der Waals surface area (Å²) in [7, 11) is 1.89. The first kappa shape index (κ1) is 22.3. The number of hydrogen-bond acceptors (Lipinski definition) is 6. The summed E-state index contributed by atoms with van der Waals surface area (Å²) in [6, 6.07) is 13.3. The first-order valence-corrected chi connectivity index (χ1v) is 11.1. The maximum atomic E-state index is 13.5. The number of halogens is 3. The molecule has 10 heteroatoms. The van der Waals surface area contributed by atoms with Crippen LogP contribution < -0.4 is 24.4 Å². The van der Waals surface area contributed by atoms with E-state index in [1.165, 1.54) is 12.1 Å². The molecule has 0 aromatic heterocycles. The van der Waals surface area contributed by atoms with E-state index in [0.29, 0.717) is 29.3 Å². The van der Waals surface area contributed by atoms with Crippen molar-refractivity contribution in [2.75, 3.05) is 37.0 Å². The van der Waals surface area contributed by atoms with Gasteiger partial charge in [-0.15, -0.1) is 0 Å². The number of carbonyl (C=O) groups excluding carboxylic acids is 2. The third-order valence-corrected chi connectivity index (χ3v) is 6.77. The number of nitrogens with one attached hydrogen (secondary N) is 1. The minimum atomic E-state index is -4.68. The molecule has 0 bridgehead atoms. The molecule has 1 N–H and O–H groups in total. The van der Waals surface area contributed by atoms with Crippen molar-refractivity contribution in [3.63, 3.8) is 0 Å². The number of esters is 1. The van der Waals surface area contributed by atoms with Crippen molar-refractivity contribution >= 4 is 23.3 Å². The van der Waals surface area contributed by atoms with Gasteiger partial charge in [0.2, 0.25) is 0 Å². The summed E-state index contributed by atoms with van der Waals surface area (Å²) in [5.41, 5.74) is 0.399. The van der Waals surface area contributed by atoms with Crippen molar-refractivity contribution in [1.82, 2.24) is 0 Å². The molecule has 1 atom stereocenters. The summed E-state index contributed by atoms with van der Waals surface area (Å²) in [5, 5.41) is 2.71. The highest BCUT2D eigenvalue weighted by Gasteiger charge is 2.51. The van der Waals surface area contributed by atoms with Crippen molar-refractivity contribution in [3.8, 4) is 17.2 Å². The lowest BCUT2D eigenvalue weighted by Gasteiger charge is -2.26. The molecule has 3 heterocycles. The molecule has 6 rings (SSSR count). The first-order valence-electron chi connectivity index (χ1n) is 11.1. The molecule has 1 unspecified atom stereocenters. The van der Waals surface area contributed by atoms with Gasteiger partial charge in [-0.1, -0.05) is 18.2 Å². The van der Waals surface area contributed by atoms with Gasteiger partial charge < -0.3 is 24.4 Å².